The molecule has 4 amide bonds. The number of carbonyl (C=O) groups excluding carboxylic acids is 3. The Morgan fingerprint density at radius 2 is 1.87 bits per heavy atom. The molecule has 0 aliphatic carbocycles. The maximum Gasteiger partial charge on any atom is 0.325 e. The maximum atomic E-state index is 14.6. The molecule has 1 saturated heterocycles. The summed E-state index contributed by atoms with van der Waals surface area (Å²) in [7, 11) is 0. The summed E-state index contributed by atoms with van der Waals surface area (Å²) in [6.45, 7) is 1.69. The average Bonchev–Trinajstić information content (AvgIpc) is 3.22. The van der Waals surface area contributed by atoms with E-state index in [2.05, 4.69) is 16.6 Å². The van der Waals surface area contributed by atoms with Crippen LogP contribution in [0.15, 0.2) is 72.8 Å². The molecule has 0 aromatic heterocycles. The van der Waals surface area contributed by atoms with Crippen LogP contribution in [0.25, 0.3) is 0 Å². The van der Waals surface area contributed by atoms with Crippen LogP contribution in [-0.2, 0) is 9.59 Å². The van der Waals surface area contributed by atoms with Gasteiger partial charge in [-0.3, -0.25) is 9.59 Å². The number of hydrogen-bond donors (Lipinski definition) is 3. The first kappa shape index (κ1) is 26.4. The molecule has 1 fully saturated rings. The lowest BCUT2D eigenvalue weighted by Gasteiger charge is -2.30. The zero-order valence-electron chi connectivity index (χ0n) is 20.6. The number of nitrogens with one attached hydrogen (secondary N) is 2. The molecule has 3 aromatic rings. The summed E-state index contributed by atoms with van der Waals surface area (Å²) in [4.78, 5) is 41.1. The third-order valence-corrected chi connectivity index (χ3v) is 6.28. The first-order chi connectivity index (χ1) is 18.3. The smallest absolute Gasteiger partial charge is 0.325 e. The molecule has 0 radical (unpaired) electrons. The Morgan fingerprint density at radius 3 is 2.50 bits per heavy atom. The molecule has 3 N–H and O–H groups in total. The molecule has 0 bridgehead atoms. The van der Waals surface area contributed by atoms with E-state index in [-0.39, 0.29) is 18.9 Å². The summed E-state index contributed by atoms with van der Waals surface area (Å²) in [5.74, 6) is 0.106. The summed E-state index contributed by atoms with van der Waals surface area (Å²) in [6, 6.07) is 16.3. The Bertz CT molecular complexity index is 1370. The van der Waals surface area contributed by atoms with E-state index in [4.69, 9.17) is 16.3 Å². The van der Waals surface area contributed by atoms with E-state index >= 15 is 0 Å². The number of carbonyl (C=O) groups is 3. The Hall–Kier alpha value is -4.68. The Kier molecular flexibility index (Phi) is 8.04. The molecule has 1 aliphatic rings. The number of hydrogen-bond acceptors (Lipinski definition) is 5. The van der Waals surface area contributed by atoms with Crippen molar-refractivity contribution in [2.75, 3.05) is 18.5 Å². The van der Waals surface area contributed by atoms with Gasteiger partial charge in [0.25, 0.3) is 5.91 Å². The lowest BCUT2D eigenvalue weighted by Crippen LogP contribution is -2.50. The molecule has 0 saturated carbocycles. The summed E-state index contributed by atoms with van der Waals surface area (Å²) >= 11 is 0. The van der Waals surface area contributed by atoms with E-state index in [0.29, 0.717) is 22.4 Å². The van der Waals surface area contributed by atoms with E-state index in [9.17, 15) is 18.8 Å². The van der Waals surface area contributed by atoms with Crippen LogP contribution in [0.3, 0.4) is 0 Å². The monoisotopic (exact) mass is 515 g/mol. The fourth-order valence-electron chi connectivity index (χ4n) is 4.32. The minimum Gasteiger partial charge on any atom is -0.491 e. The summed E-state index contributed by atoms with van der Waals surface area (Å²) in [5.41, 5.74) is 1.38. The second kappa shape index (κ2) is 11.6. The highest BCUT2D eigenvalue weighted by molar-refractivity contribution is 6.10. The number of halogens is 1. The Morgan fingerprint density at radius 1 is 1.16 bits per heavy atom. The van der Waals surface area contributed by atoms with Gasteiger partial charge in [0.2, 0.25) is 5.91 Å². The molecule has 4 rings (SSSR count). The number of rotatable bonds is 9. The fourth-order valence-corrected chi connectivity index (χ4v) is 4.32. The molecule has 8 nitrogen and oxygen atoms in total. The standard InChI is InChI=1S/C29H26FN3O5/c1-3-19-9-14-24(23(30)17-19)31-27(35)26(18(2)20-7-5-4-6-8-20)33-28(36)25(32-29(33)37)21-10-12-22(13-11-21)38-16-15-34/h1,4-14,17-18,25-26,34H,15-16H2,2H3,(H,31,35)(H,32,37)/t18-,25?,26+/m0/s1. The number of benzene rings is 3. The number of urea groups is 1. The van der Waals surface area contributed by atoms with Gasteiger partial charge in [-0.05, 0) is 41.5 Å². The topological polar surface area (TPSA) is 108 Å². The molecule has 1 unspecified atom stereocenters. The van der Waals surface area contributed by atoms with Crippen molar-refractivity contribution in [3.05, 3.63) is 95.3 Å². The Balaban J connectivity index is 1.64. The van der Waals surface area contributed by atoms with E-state index in [0.717, 1.165) is 11.0 Å². The highest BCUT2D eigenvalue weighted by Gasteiger charge is 2.47. The Labute approximate surface area is 219 Å². The predicted molar refractivity (Wildman–Crippen MR) is 139 cm³/mol. The average molecular weight is 516 g/mol. The molecule has 9 heteroatoms. The van der Waals surface area contributed by atoms with Crippen LogP contribution in [0.1, 0.15) is 35.6 Å². The van der Waals surface area contributed by atoms with Crippen LogP contribution in [0, 0.1) is 18.2 Å². The van der Waals surface area contributed by atoms with Crippen LogP contribution in [0.2, 0.25) is 0 Å². The SMILES string of the molecule is C#Cc1ccc(NC(=O)[C@@H]([C@@H](C)c2ccccc2)N2C(=O)NC(c3ccc(OCCO)cc3)C2=O)c(F)c1. The number of terminal acetylenes is 1. The van der Waals surface area contributed by atoms with E-state index in [1.54, 1.807) is 55.5 Å². The zero-order chi connectivity index (χ0) is 27.2. The number of aliphatic hydroxyl groups excluding tert-OH is 1. The maximum absolute atomic E-state index is 14.6. The van der Waals surface area contributed by atoms with E-state index < -0.39 is 41.7 Å². The third kappa shape index (κ3) is 5.51. The second-order valence-corrected chi connectivity index (χ2v) is 8.70. The normalized spacial score (nSPS) is 16.4. The van der Waals surface area contributed by atoms with Gasteiger partial charge in [0.1, 0.15) is 30.3 Å². The van der Waals surface area contributed by atoms with Crippen molar-refractivity contribution in [3.63, 3.8) is 0 Å². The van der Waals surface area contributed by atoms with Crippen LogP contribution < -0.4 is 15.4 Å². The highest BCUT2D eigenvalue weighted by Crippen LogP contribution is 2.32. The largest absolute Gasteiger partial charge is 0.491 e. The van der Waals surface area contributed by atoms with Gasteiger partial charge in [-0.15, -0.1) is 6.42 Å². The van der Waals surface area contributed by atoms with Crippen LogP contribution in [0.4, 0.5) is 14.9 Å². The predicted octanol–water partition coefficient (Wildman–Crippen LogP) is 3.58. The van der Waals surface area contributed by atoms with Gasteiger partial charge >= 0.3 is 6.03 Å². The molecule has 3 atom stereocenters. The van der Waals surface area contributed by atoms with Gasteiger partial charge in [0.05, 0.1) is 12.3 Å². The van der Waals surface area contributed by atoms with Gasteiger partial charge < -0.3 is 20.5 Å². The third-order valence-electron chi connectivity index (χ3n) is 6.28. The molecule has 38 heavy (non-hydrogen) atoms. The van der Waals surface area contributed by atoms with Crippen molar-refractivity contribution in [1.82, 2.24) is 10.2 Å². The van der Waals surface area contributed by atoms with Gasteiger partial charge in [-0.2, -0.15) is 0 Å². The summed E-state index contributed by atoms with van der Waals surface area (Å²) in [6.07, 6.45) is 5.32. The van der Waals surface area contributed by atoms with Crippen LogP contribution in [0.5, 0.6) is 5.75 Å². The first-order valence-electron chi connectivity index (χ1n) is 11.9. The quantitative estimate of drug-likeness (QED) is 0.298. The van der Waals surface area contributed by atoms with Gasteiger partial charge in [0.15, 0.2) is 0 Å². The molecular formula is C29H26FN3O5. The molecule has 3 aromatic carbocycles. The number of nitrogens with zero attached hydrogens (tertiary/aromatic N) is 1. The lowest BCUT2D eigenvalue weighted by molar-refractivity contribution is -0.134. The van der Waals surface area contributed by atoms with E-state index in [1.807, 2.05) is 6.07 Å². The van der Waals surface area contributed by atoms with Crippen molar-refractivity contribution >= 4 is 23.5 Å². The van der Waals surface area contributed by atoms with Crippen molar-refractivity contribution in [2.45, 2.75) is 24.9 Å². The van der Waals surface area contributed by atoms with Gasteiger partial charge in [-0.1, -0.05) is 55.3 Å². The number of ether oxygens (including phenoxy) is 1. The van der Waals surface area contributed by atoms with Crippen LogP contribution in [-0.4, -0.2) is 47.1 Å². The van der Waals surface area contributed by atoms with Crippen molar-refractivity contribution in [3.8, 4) is 18.1 Å². The number of amides is 4. The minimum atomic E-state index is -1.28. The minimum absolute atomic E-state index is 0.118. The zero-order valence-corrected chi connectivity index (χ0v) is 20.6. The number of imide groups is 1. The highest BCUT2D eigenvalue weighted by atomic mass is 19.1. The number of aliphatic hydroxyl groups is 1. The van der Waals surface area contributed by atoms with Gasteiger partial charge in [0, 0.05) is 11.5 Å². The molecule has 1 aliphatic heterocycles. The first-order valence-corrected chi connectivity index (χ1v) is 11.9. The fraction of sp³-hybridized carbons (Fsp3) is 0.207. The molecule has 194 valence electrons. The molecule has 1 heterocycles. The van der Waals surface area contributed by atoms with E-state index in [1.165, 1.54) is 12.1 Å². The van der Waals surface area contributed by atoms with Gasteiger partial charge in [-0.25, -0.2) is 14.1 Å². The lowest BCUT2D eigenvalue weighted by atomic mass is 9.91. The second-order valence-electron chi connectivity index (χ2n) is 8.70. The van der Waals surface area contributed by atoms with Crippen molar-refractivity contribution in [2.24, 2.45) is 0 Å². The van der Waals surface area contributed by atoms with Crippen molar-refractivity contribution in [1.29, 1.82) is 0 Å². The number of anilines is 1. The van der Waals surface area contributed by atoms with Crippen molar-refractivity contribution < 1.29 is 28.6 Å². The molecular weight excluding hydrogens is 489 g/mol. The summed E-state index contributed by atoms with van der Waals surface area (Å²) < 4.78 is 20.0. The molecule has 0 spiro atoms. The summed E-state index contributed by atoms with van der Waals surface area (Å²) in [5, 5.41) is 14.1. The van der Waals surface area contributed by atoms with Crippen LogP contribution >= 0.6 is 0 Å².